The predicted molar refractivity (Wildman–Crippen MR) is 85.5 cm³/mol. The average Bonchev–Trinajstić information content (AvgIpc) is 2.53. The van der Waals surface area contributed by atoms with Gasteiger partial charge in [0.05, 0.1) is 25.7 Å². The van der Waals surface area contributed by atoms with Crippen molar-refractivity contribution in [3.05, 3.63) is 34.9 Å². The number of carbonyl (C=O) groups excluding carboxylic acids is 3. The molecule has 1 aromatic carbocycles. The summed E-state index contributed by atoms with van der Waals surface area (Å²) in [6.07, 6.45) is -0.337. The quantitative estimate of drug-likeness (QED) is 0.656. The summed E-state index contributed by atoms with van der Waals surface area (Å²) in [5, 5.41) is 11.1. The molecule has 1 fully saturated rings. The zero-order chi connectivity index (χ0) is 18.1. The van der Waals surface area contributed by atoms with Crippen molar-refractivity contribution in [3.63, 3.8) is 0 Å². The van der Waals surface area contributed by atoms with Gasteiger partial charge in [0.15, 0.2) is 5.78 Å². The fourth-order valence-electron chi connectivity index (χ4n) is 3.35. The Bertz CT molecular complexity index is 652. The summed E-state index contributed by atoms with van der Waals surface area (Å²) in [4.78, 5) is 37.0. The number of rotatable bonds is 3. The molecule has 0 spiro atoms. The molecule has 2 rings (SSSR count). The average molecular weight is 355 g/mol. The highest BCUT2D eigenvalue weighted by Crippen LogP contribution is 2.46. The Hall–Kier alpha value is -1.92. The molecule has 6 nitrogen and oxygen atoms in total. The van der Waals surface area contributed by atoms with Crippen LogP contribution in [0.2, 0.25) is 5.02 Å². The van der Waals surface area contributed by atoms with Crippen LogP contribution < -0.4 is 0 Å². The number of benzene rings is 1. The summed E-state index contributed by atoms with van der Waals surface area (Å²) in [5.74, 6) is -5.11. The SMILES string of the molecule is COC(=O)[C@H]1C(=O)C[C@](C)(O)[C@H](C(=O)OC)[C@H]1c1ccc(Cl)cc1. The van der Waals surface area contributed by atoms with E-state index in [9.17, 15) is 19.5 Å². The maximum atomic E-state index is 12.5. The monoisotopic (exact) mass is 354 g/mol. The standard InChI is InChI=1S/C17H19ClO6/c1-17(22)8-11(19)13(15(20)23-2)12(14(17)16(21)24-3)9-4-6-10(18)7-5-9/h4-7,12-14,22H,8H2,1-3H3/t12-,13-,14-,17-/m0/s1. The molecule has 0 saturated heterocycles. The lowest BCUT2D eigenvalue weighted by Gasteiger charge is -2.43. The van der Waals surface area contributed by atoms with Crippen LogP contribution in [0.25, 0.3) is 0 Å². The number of ketones is 1. The summed E-state index contributed by atoms with van der Waals surface area (Å²) in [6, 6.07) is 6.42. The Balaban J connectivity index is 2.63. The van der Waals surface area contributed by atoms with Crippen molar-refractivity contribution in [2.45, 2.75) is 24.9 Å². The number of hydrogen-bond donors (Lipinski definition) is 1. The molecular weight excluding hydrogens is 336 g/mol. The van der Waals surface area contributed by atoms with Gasteiger partial charge in [-0.2, -0.15) is 0 Å². The minimum Gasteiger partial charge on any atom is -0.469 e. The van der Waals surface area contributed by atoms with E-state index >= 15 is 0 Å². The Labute approximate surface area is 144 Å². The summed E-state index contributed by atoms with van der Waals surface area (Å²) < 4.78 is 9.56. The molecule has 1 aliphatic rings. The van der Waals surface area contributed by atoms with E-state index in [-0.39, 0.29) is 6.42 Å². The molecule has 0 radical (unpaired) electrons. The largest absolute Gasteiger partial charge is 0.469 e. The van der Waals surface area contributed by atoms with Crippen LogP contribution in [0.4, 0.5) is 0 Å². The normalized spacial score (nSPS) is 29.9. The number of carbonyl (C=O) groups is 3. The van der Waals surface area contributed by atoms with Crippen molar-refractivity contribution < 1.29 is 29.0 Å². The first-order valence-corrected chi connectivity index (χ1v) is 7.77. The van der Waals surface area contributed by atoms with Gasteiger partial charge in [0.25, 0.3) is 0 Å². The Morgan fingerprint density at radius 1 is 1.17 bits per heavy atom. The van der Waals surface area contributed by atoms with Gasteiger partial charge in [-0.1, -0.05) is 23.7 Å². The molecule has 0 amide bonds. The second-order valence-corrected chi connectivity index (χ2v) is 6.52. The highest BCUT2D eigenvalue weighted by Gasteiger charge is 2.56. The molecule has 1 saturated carbocycles. The topological polar surface area (TPSA) is 89.9 Å². The highest BCUT2D eigenvalue weighted by atomic mass is 35.5. The van der Waals surface area contributed by atoms with Crippen LogP contribution in [0.15, 0.2) is 24.3 Å². The van der Waals surface area contributed by atoms with Crippen LogP contribution in [-0.4, -0.2) is 42.6 Å². The minimum absolute atomic E-state index is 0.337. The van der Waals surface area contributed by atoms with E-state index in [1.807, 2.05) is 0 Å². The van der Waals surface area contributed by atoms with Crippen LogP contribution >= 0.6 is 11.6 Å². The number of Topliss-reactive ketones (excluding diaryl/α,β-unsaturated/α-hetero) is 1. The molecule has 0 bridgehead atoms. The van der Waals surface area contributed by atoms with Gasteiger partial charge >= 0.3 is 11.9 Å². The Morgan fingerprint density at radius 2 is 1.71 bits per heavy atom. The van der Waals surface area contributed by atoms with Crippen LogP contribution in [0, 0.1) is 11.8 Å². The van der Waals surface area contributed by atoms with Gasteiger partial charge in [0.1, 0.15) is 5.92 Å². The lowest BCUT2D eigenvalue weighted by Crippen LogP contribution is -2.55. The molecule has 7 heteroatoms. The fraction of sp³-hybridized carbons (Fsp3) is 0.471. The third kappa shape index (κ3) is 3.30. The Morgan fingerprint density at radius 3 is 2.21 bits per heavy atom. The van der Waals surface area contributed by atoms with Crippen LogP contribution in [0.3, 0.4) is 0 Å². The first kappa shape index (κ1) is 18.4. The Kier molecular flexibility index (Phi) is 5.30. The minimum atomic E-state index is -1.64. The maximum absolute atomic E-state index is 12.5. The zero-order valence-corrected chi connectivity index (χ0v) is 14.4. The molecule has 0 unspecified atom stereocenters. The summed E-state index contributed by atoms with van der Waals surface area (Å²) in [5.41, 5.74) is -1.11. The molecule has 0 heterocycles. The number of halogens is 1. The first-order valence-electron chi connectivity index (χ1n) is 7.39. The molecule has 1 aromatic rings. The van der Waals surface area contributed by atoms with Crippen molar-refractivity contribution >= 4 is 29.3 Å². The van der Waals surface area contributed by atoms with Gasteiger partial charge in [-0.3, -0.25) is 14.4 Å². The van der Waals surface area contributed by atoms with E-state index in [0.29, 0.717) is 10.6 Å². The van der Waals surface area contributed by atoms with Gasteiger partial charge in [0.2, 0.25) is 0 Å². The lowest BCUT2D eigenvalue weighted by molar-refractivity contribution is -0.170. The van der Waals surface area contributed by atoms with E-state index in [1.54, 1.807) is 24.3 Å². The summed E-state index contributed by atoms with van der Waals surface area (Å²) in [6.45, 7) is 1.39. The molecule has 1 N–H and O–H groups in total. The van der Waals surface area contributed by atoms with Gasteiger partial charge in [-0.05, 0) is 24.6 Å². The molecule has 24 heavy (non-hydrogen) atoms. The lowest BCUT2D eigenvalue weighted by atomic mass is 9.62. The number of esters is 2. The highest BCUT2D eigenvalue weighted by molar-refractivity contribution is 6.30. The van der Waals surface area contributed by atoms with Gasteiger partial charge < -0.3 is 14.6 Å². The smallest absolute Gasteiger partial charge is 0.316 e. The molecule has 130 valence electrons. The van der Waals surface area contributed by atoms with E-state index in [2.05, 4.69) is 0 Å². The van der Waals surface area contributed by atoms with Crippen molar-refractivity contribution in [1.29, 1.82) is 0 Å². The molecule has 4 atom stereocenters. The van der Waals surface area contributed by atoms with Crippen molar-refractivity contribution in [1.82, 2.24) is 0 Å². The molecule has 0 aromatic heterocycles. The second kappa shape index (κ2) is 6.91. The number of aliphatic hydroxyl groups is 1. The van der Waals surface area contributed by atoms with E-state index in [0.717, 1.165) is 0 Å². The van der Waals surface area contributed by atoms with E-state index < -0.39 is 41.1 Å². The first-order chi connectivity index (χ1) is 11.2. The molecule has 1 aliphatic carbocycles. The maximum Gasteiger partial charge on any atom is 0.316 e. The number of hydrogen-bond acceptors (Lipinski definition) is 6. The van der Waals surface area contributed by atoms with Crippen molar-refractivity contribution in [2.75, 3.05) is 14.2 Å². The van der Waals surface area contributed by atoms with Crippen molar-refractivity contribution in [3.8, 4) is 0 Å². The van der Waals surface area contributed by atoms with Gasteiger partial charge in [-0.15, -0.1) is 0 Å². The zero-order valence-electron chi connectivity index (χ0n) is 13.6. The van der Waals surface area contributed by atoms with Gasteiger partial charge in [0, 0.05) is 17.4 Å². The second-order valence-electron chi connectivity index (χ2n) is 6.08. The summed E-state index contributed by atoms with van der Waals surface area (Å²) >= 11 is 5.89. The molecule has 0 aliphatic heterocycles. The van der Waals surface area contributed by atoms with Gasteiger partial charge in [-0.25, -0.2) is 0 Å². The number of ether oxygens (including phenoxy) is 2. The predicted octanol–water partition coefficient (Wildman–Crippen LogP) is 1.73. The van der Waals surface area contributed by atoms with Crippen LogP contribution in [-0.2, 0) is 23.9 Å². The van der Waals surface area contributed by atoms with Crippen LogP contribution in [0.5, 0.6) is 0 Å². The fourth-order valence-corrected chi connectivity index (χ4v) is 3.48. The third-order valence-electron chi connectivity index (χ3n) is 4.43. The van der Waals surface area contributed by atoms with Crippen LogP contribution in [0.1, 0.15) is 24.8 Å². The molecular formula is C17H19ClO6. The summed E-state index contributed by atoms with van der Waals surface area (Å²) in [7, 11) is 2.37. The van der Waals surface area contributed by atoms with E-state index in [4.69, 9.17) is 21.1 Å². The van der Waals surface area contributed by atoms with Crippen molar-refractivity contribution in [2.24, 2.45) is 11.8 Å². The number of methoxy groups -OCH3 is 2. The van der Waals surface area contributed by atoms with E-state index in [1.165, 1.54) is 21.1 Å². The third-order valence-corrected chi connectivity index (χ3v) is 4.68.